The van der Waals surface area contributed by atoms with E-state index in [2.05, 4.69) is 0 Å². The first-order valence-electron chi connectivity index (χ1n) is 3.67. The summed E-state index contributed by atoms with van der Waals surface area (Å²) in [5.74, 6) is 0.117. The highest BCUT2D eigenvalue weighted by Gasteiger charge is 2.17. The van der Waals surface area contributed by atoms with E-state index in [0.717, 1.165) is 19.3 Å². The molecular weight excluding hydrogens is 142 g/mol. The zero-order valence-electron chi connectivity index (χ0n) is 6.54. The Morgan fingerprint density at radius 3 is 2.82 bits per heavy atom. The Bertz CT molecular complexity index is 208. The standard InChI is InChI=1S/C8H11NO2/c1-7(6-10)5-9-4-2-3-8(9)11/h5-6H,2-4H2,1H3. The van der Waals surface area contributed by atoms with Crippen molar-refractivity contribution >= 4 is 12.2 Å². The van der Waals surface area contributed by atoms with E-state index in [0.29, 0.717) is 12.0 Å². The second-order valence-electron chi connectivity index (χ2n) is 2.68. The van der Waals surface area contributed by atoms with E-state index in [9.17, 15) is 9.59 Å². The summed E-state index contributed by atoms with van der Waals surface area (Å²) in [6.45, 7) is 2.45. The Kier molecular flexibility index (Phi) is 2.41. The van der Waals surface area contributed by atoms with Gasteiger partial charge in [0.05, 0.1) is 0 Å². The summed E-state index contributed by atoms with van der Waals surface area (Å²) in [5.41, 5.74) is 0.597. The summed E-state index contributed by atoms with van der Waals surface area (Å²) in [6.07, 6.45) is 3.89. The van der Waals surface area contributed by atoms with Gasteiger partial charge in [-0.2, -0.15) is 0 Å². The average molecular weight is 153 g/mol. The number of likely N-dealkylation sites (tertiary alicyclic amines) is 1. The van der Waals surface area contributed by atoms with Crippen molar-refractivity contribution < 1.29 is 9.59 Å². The van der Waals surface area contributed by atoms with Gasteiger partial charge in [0.2, 0.25) is 5.91 Å². The van der Waals surface area contributed by atoms with Gasteiger partial charge in [-0.25, -0.2) is 0 Å². The smallest absolute Gasteiger partial charge is 0.226 e. The van der Waals surface area contributed by atoms with Gasteiger partial charge >= 0.3 is 0 Å². The van der Waals surface area contributed by atoms with E-state index >= 15 is 0 Å². The lowest BCUT2D eigenvalue weighted by atomic mass is 10.3. The number of rotatable bonds is 2. The van der Waals surface area contributed by atoms with Crippen LogP contribution < -0.4 is 0 Å². The van der Waals surface area contributed by atoms with Gasteiger partial charge in [0.1, 0.15) is 6.29 Å². The number of allylic oxidation sites excluding steroid dienone is 1. The molecule has 0 saturated carbocycles. The van der Waals surface area contributed by atoms with Gasteiger partial charge in [-0.05, 0) is 13.3 Å². The fourth-order valence-electron chi connectivity index (χ4n) is 1.08. The molecule has 3 nitrogen and oxygen atoms in total. The Morgan fingerprint density at radius 2 is 2.36 bits per heavy atom. The van der Waals surface area contributed by atoms with Gasteiger partial charge in [-0.15, -0.1) is 0 Å². The number of carbonyl (C=O) groups is 2. The Hall–Kier alpha value is -1.12. The summed E-state index contributed by atoms with van der Waals surface area (Å²) in [7, 11) is 0. The van der Waals surface area contributed by atoms with Crippen molar-refractivity contribution in [1.82, 2.24) is 4.90 Å². The molecule has 0 unspecified atom stereocenters. The highest BCUT2D eigenvalue weighted by Crippen LogP contribution is 2.10. The van der Waals surface area contributed by atoms with Gasteiger partial charge in [0.15, 0.2) is 0 Å². The molecule has 1 saturated heterocycles. The minimum atomic E-state index is 0.117. The summed E-state index contributed by atoms with van der Waals surface area (Å²) in [6, 6.07) is 0. The highest BCUT2D eigenvalue weighted by atomic mass is 16.2. The third-order valence-electron chi connectivity index (χ3n) is 1.66. The molecule has 1 heterocycles. The molecule has 60 valence electrons. The minimum absolute atomic E-state index is 0.117. The van der Waals surface area contributed by atoms with Crippen LogP contribution in [0.3, 0.4) is 0 Å². The zero-order valence-corrected chi connectivity index (χ0v) is 6.54. The molecule has 1 fully saturated rings. The predicted octanol–water partition coefficient (Wildman–Crippen LogP) is 0.712. The van der Waals surface area contributed by atoms with Crippen molar-refractivity contribution in [3.8, 4) is 0 Å². The van der Waals surface area contributed by atoms with E-state index in [4.69, 9.17) is 0 Å². The van der Waals surface area contributed by atoms with Gasteiger partial charge in [0, 0.05) is 24.7 Å². The van der Waals surface area contributed by atoms with Gasteiger partial charge in [0.25, 0.3) is 0 Å². The van der Waals surface area contributed by atoms with Crippen molar-refractivity contribution in [1.29, 1.82) is 0 Å². The largest absolute Gasteiger partial charge is 0.319 e. The first-order valence-corrected chi connectivity index (χ1v) is 3.67. The van der Waals surface area contributed by atoms with Crippen LogP contribution in [0.15, 0.2) is 11.8 Å². The van der Waals surface area contributed by atoms with Crippen molar-refractivity contribution in [2.24, 2.45) is 0 Å². The van der Waals surface area contributed by atoms with E-state index in [1.807, 2.05) is 0 Å². The Balaban J connectivity index is 2.61. The molecule has 0 spiro atoms. The van der Waals surface area contributed by atoms with Crippen LogP contribution in [0.5, 0.6) is 0 Å². The lowest BCUT2D eigenvalue weighted by molar-refractivity contribution is -0.125. The van der Waals surface area contributed by atoms with Crippen molar-refractivity contribution in [3.05, 3.63) is 11.8 Å². The summed E-state index contributed by atoms with van der Waals surface area (Å²) < 4.78 is 0. The zero-order chi connectivity index (χ0) is 8.27. The third kappa shape index (κ3) is 1.90. The van der Waals surface area contributed by atoms with Crippen LogP contribution in [0.25, 0.3) is 0 Å². The number of aldehydes is 1. The van der Waals surface area contributed by atoms with Crippen LogP contribution in [-0.2, 0) is 9.59 Å². The fourth-order valence-corrected chi connectivity index (χ4v) is 1.08. The minimum Gasteiger partial charge on any atom is -0.319 e. The highest BCUT2D eigenvalue weighted by molar-refractivity contribution is 5.81. The molecule has 1 rings (SSSR count). The van der Waals surface area contributed by atoms with Gasteiger partial charge in [-0.1, -0.05) is 0 Å². The molecule has 0 atom stereocenters. The van der Waals surface area contributed by atoms with E-state index in [1.54, 1.807) is 18.0 Å². The average Bonchev–Trinajstić information content (AvgIpc) is 2.37. The summed E-state index contributed by atoms with van der Waals surface area (Å²) in [4.78, 5) is 22.8. The van der Waals surface area contributed by atoms with Crippen molar-refractivity contribution in [2.75, 3.05) is 6.54 Å². The Morgan fingerprint density at radius 1 is 1.64 bits per heavy atom. The number of carbonyl (C=O) groups excluding carboxylic acids is 2. The van der Waals surface area contributed by atoms with E-state index in [-0.39, 0.29) is 5.91 Å². The summed E-state index contributed by atoms with van der Waals surface area (Å²) in [5, 5.41) is 0. The number of hydrogen-bond acceptors (Lipinski definition) is 2. The number of nitrogens with zero attached hydrogens (tertiary/aromatic N) is 1. The molecule has 1 amide bonds. The normalized spacial score (nSPS) is 19.2. The number of amides is 1. The van der Waals surface area contributed by atoms with Crippen LogP contribution >= 0.6 is 0 Å². The van der Waals surface area contributed by atoms with Crippen molar-refractivity contribution in [3.63, 3.8) is 0 Å². The maximum atomic E-state index is 11.0. The quantitative estimate of drug-likeness (QED) is 0.433. The first kappa shape index (κ1) is 7.98. The summed E-state index contributed by atoms with van der Waals surface area (Å²) >= 11 is 0. The SMILES string of the molecule is CC(C=O)=CN1CCCC1=O. The van der Waals surface area contributed by atoms with Gasteiger partial charge in [-0.3, -0.25) is 9.59 Å². The molecule has 0 aliphatic carbocycles. The van der Waals surface area contributed by atoms with Gasteiger partial charge < -0.3 is 4.90 Å². The van der Waals surface area contributed by atoms with Crippen LogP contribution in [-0.4, -0.2) is 23.6 Å². The number of hydrogen-bond donors (Lipinski definition) is 0. The third-order valence-corrected chi connectivity index (χ3v) is 1.66. The fraction of sp³-hybridized carbons (Fsp3) is 0.500. The molecule has 0 aromatic carbocycles. The maximum Gasteiger partial charge on any atom is 0.226 e. The molecule has 0 aromatic heterocycles. The molecule has 0 radical (unpaired) electrons. The lowest BCUT2D eigenvalue weighted by Crippen LogP contribution is -2.18. The second kappa shape index (κ2) is 3.32. The molecule has 0 aromatic rings. The Labute approximate surface area is 65.7 Å². The van der Waals surface area contributed by atoms with E-state index < -0.39 is 0 Å². The maximum absolute atomic E-state index is 11.0. The van der Waals surface area contributed by atoms with Crippen LogP contribution in [0.1, 0.15) is 19.8 Å². The molecule has 3 heteroatoms. The predicted molar refractivity (Wildman–Crippen MR) is 40.8 cm³/mol. The van der Waals surface area contributed by atoms with Crippen LogP contribution in [0.4, 0.5) is 0 Å². The van der Waals surface area contributed by atoms with Crippen LogP contribution in [0.2, 0.25) is 0 Å². The first-order chi connectivity index (χ1) is 5.24. The molecule has 11 heavy (non-hydrogen) atoms. The topological polar surface area (TPSA) is 37.4 Å². The molecule has 1 aliphatic heterocycles. The van der Waals surface area contributed by atoms with Crippen LogP contribution in [0, 0.1) is 0 Å². The molecule has 1 aliphatic rings. The van der Waals surface area contributed by atoms with E-state index in [1.165, 1.54) is 0 Å². The van der Waals surface area contributed by atoms with Crippen molar-refractivity contribution in [2.45, 2.75) is 19.8 Å². The molecule has 0 bridgehead atoms. The second-order valence-corrected chi connectivity index (χ2v) is 2.68. The molecular formula is C8H11NO2. The monoisotopic (exact) mass is 153 g/mol. The molecule has 0 N–H and O–H groups in total. The lowest BCUT2D eigenvalue weighted by Gasteiger charge is -2.08.